The van der Waals surface area contributed by atoms with Crippen molar-refractivity contribution >= 4 is 34.1 Å². The molecule has 7 heteroatoms. The fourth-order valence-corrected chi connectivity index (χ4v) is 3.17. The first-order chi connectivity index (χ1) is 12.7. The molecule has 4 rings (SSSR count). The van der Waals surface area contributed by atoms with Crippen molar-refractivity contribution in [2.24, 2.45) is 0 Å². The molecular weight excluding hydrogens is 350 g/mol. The quantitative estimate of drug-likeness (QED) is 0.408. The number of phenols is 1. The van der Waals surface area contributed by atoms with Crippen molar-refractivity contribution in [2.75, 3.05) is 5.32 Å². The van der Waals surface area contributed by atoms with Crippen LogP contribution in [0.25, 0.3) is 22.2 Å². The summed E-state index contributed by atoms with van der Waals surface area (Å²) >= 11 is 6.30. The maximum atomic E-state index is 9.39. The fourth-order valence-electron chi connectivity index (χ4n) is 2.91. The second-order valence-electron chi connectivity index (χ2n) is 5.76. The van der Waals surface area contributed by atoms with Gasteiger partial charge in [-0.15, -0.1) is 0 Å². The zero-order valence-corrected chi connectivity index (χ0v) is 14.8. The highest BCUT2D eigenvalue weighted by Crippen LogP contribution is 2.33. The van der Waals surface area contributed by atoms with Crippen molar-refractivity contribution in [3.63, 3.8) is 0 Å². The molecule has 0 spiro atoms. The molecular formula is C19H16ClN5O. The topological polar surface area (TPSA) is 75.9 Å². The Morgan fingerprint density at radius 1 is 1.08 bits per heavy atom. The van der Waals surface area contributed by atoms with E-state index in [1.165, 1.54) is 0 Å². The third-order valence-electron chi connectivity index (χ3n) is 4.14. The van der Waals surface area contributed by atoms with E-state index in [4.69, 9.17) is 11.6 Å². The Hall–Kier alpha value is -3.12. The molecule has 26 heavy (non-hydrogen) atoms. The molecule has 0 aliphatic heterocycles. The number of pyridine rings is 1. The van der Waals surface area contributed by atoms with Gasteiger partial charge in [0.25, 0.3) is 0 Å². The van der Waals surface area contributed by atoms with E-state index in [-0.39, 0.29) is 5.75 Å². The number of benzene rings is 1. The summed E-state index contributed by atoms with van der Waals surface area (Å²) in [6, 6.07) is 10.6. The van der Waals surface area contributed by atoms with Crippen LogP contribution in [0, 0.1) is 0 Å². The third kappa shape index (κ3) is 2.95. The number of rotatable bonds is 4. The molecule has 6 nitrogen and oxygen atoms in total. The lowest BCUT2D eigenvalue weighted by Crippen LogP contribution is -1.97. The number of halogens is 1. The van der Waals surface area contributed by atoms with E-state index < -0.39 is 0 Å². The van der Waals surface area contributed by atoms with Crippen LogP contribution in [-0.4, -0.2) is 24.6 Å². The second-order valence-corrected chi connectivity index (χ2v) is 6.12. The van der Waals surface area contributed by atoms with Crippen LogP contribution in [0.4, 0.5) is 11.6 Å². The minimum atomic E-state index is 0.211. The average Bonchev–Trinajstić information content (AvgIpc) is 3.04. The maximum Gasteiger partial charge on any atom is 0.227 e. The summed E-state index contributed by atoms with van der Waals surface area (Å²) in [6.45, 7) is 2.84. The average molecular weight is 366 g/mol. The van der Waals surface area contributed by atoms with Crippen molar-refractivity contribution in [3.05, 3.63) is 60.1 Å². The highest BCUT2D eigenvalue weighted by molar-refractivity contribution is 6.34. The van der Waals surface area contributed by atoms with Crippen LogP contribution in [0.2, 0.25) is 5.15 Å². The molecule has 0 aliphatic rings. The second kappa shape index (κ2) is 6.65. The van der Waals surface area contributed by atoms with Gasteiger partial charge in [0.1, 0.15) is 5.75 Å². The highest BCUT2D eigenvalue weighted by Gasteiger charge is 2.14. The van der Waals surface area contributed by atoms with Gasteiger partial charge in [-0.3, -0.25) is 0 Å². The molecule has 4 aromatic rings. The van der Waals surface area contributed by atoms with Gasteiger partial charge in [-0.25, -0.2) is 15.0 Å². The van der Waals surface area contributed by atoms with E-state index in [9.17, 15) is 5.11 Å². The molecule has 0 amide bonds. The van der Waals surface area contributed by atoms with Gasteiger partial charge in [-0.05, 0) is 43.3 Å². The van der Waals surface area contributed by atoms with E-state index in [1.807, 2.05) is 18.3 Å². The zero-order chi connectivity index (χ0) is 18.1. The van der Waals surface area contributed by atoms with Crippen molar-refractivity contribution in [1.29, 1.82) is 0 Å². The Labute approximate surface area is 155 Å². The lowest BCUT2D eigenvalue weighted by Gasteiger charge is -2.06. The molecule has 0 atom stereocenters. The van der Waals surface area contributed by atoms with Crippen molar-refractivity contribution in [3.8, 4) is 17.0 Å². The van der Waals surface area contributed by atoms with Gasteiger partial charge in [0, 0.05) is 41.8 Å². The van der Waals surface area contributed by atoms with Gasteiger partial charge in [0.2, 0.25) is 5.95 Å². The molecule has 0 bridgehead atoms. The first-order valence-electron chi connectivity index (χ1n) is 8.18. The van der Waals surface area contributed by atoms with E-state index in [0.29, 0.717) is 11.1 Å². The summed E-state index contributed by atoms with van der Waals surface area (Å²) in [7, 11) is 0. The number of aromatic nitrogens is 4. The van der Waals surface area contributed by atoms with Gasteiger partial charge >= 0.3 is 0 Å². The molecule has 0 unspecified atom stereocenters. The summed E-state index contributed by atoms with van der Waals surface area (Å²) in [5.41, 5.74) is 3.46. The number of anilines is 2. The van der Waals surface area contributed by atoms with E-state index in [2.05, 4.69) is 31.8 Å². The van der Waals surface area contributed by atoms with Gasteiger partial charge in [-0.2, -0.15) is 0 Å². The number of hydrogen-bond acceptors (Lipinski definition) is 5. The summed E-state index contributed by atoms with van der Waals surface area (Å²) in [5, 5.41) is 14.0. The lowest BCUT2D eigenvalue weighted by molar-refractivity contribution is 0.475. The Kier molecular flexibility index (Phi) is 4.18. The number of aromatic hydroxyl groups is 1. The van der Waals surface area contributed by atoms with Crippen LogP contribution in [0.5, 0.6) is 5.75 Å². The predicted octanol–water partition coefficient (Wildman–Crippen LogP) is 4.62. The van der Waals surface area contributed by atoms with Gasteiger partial charge in [0.15, 0.2) is 5.15 Å². The van der Waals surface area contributed by atoms with Gasteiger partial charge in [-0.1, -0.05) is 11.6 Å². The number of nitrogens with one attached hydrogen (secondary N) is 1. The summed E-state index contributed by atoms with van der Waals surface area (Å²) in [4.78, 5) is 13.1. The monoisotopic (exact) mass is 365 g/mol. The Balaban J connectivity index is 1.76. The van der Waals surface area contributed by atoms with Crippen LogP contribution >= 0.6 is 11.6 Å². The van der Waals surface area contributed by atoms with E-state index in [1.54, 1.807) is 36.7 Å². The molecule has 0 saturated heterocycles. The Morgan fingerprint density at radius 3 is 2.62 bits per heavy atom. The number of nitrogens with zero attached hydrogens (tertiary/aromatic N) is 4. The van der Waals surface area contributed by atoms with E-state index in [0.717, 1.165) is 34.4 Å². The maximum absolute atomic E-state index is 9.39. The SMILES string of the molecule is CCn1cc(-c2ccnc(Nc3ccc(O)cc3)n2)c2ccnc(Cl)c21. The zero-order valence-electron chi connectivity index (χ0n) is 14.0. The van der Waals surface area contributed by atoms with Crippen LogP contribution < -0.4 is 5.32 Å². The van der Waals surface area contributed by atoms with Crippen molar-refractivity contribution in [2.45, 2.75) is 13.5 Å². The molecule has 0 radical (unpaired) electrons. The summed E-state index contributed by atoms with van der Waals surface area (Å²) < 4.78 is 2.06. The summed E-state index contributed by atoms with van der Waals surface area (Å²) in [5.74, 6) is 0.689. The van der Waals surface area contributed by atoms with Crippen LogP contribution in [0.1, 0.15) is 6.92 Å². The van der Waals surface area contributed by atoms with Gasteiger partial charge in [0.05, 0.1) is 11.2 Å². The van der Waals surface area contributed by atoms with Crippen LogP contribution in [0.15, 0.2) is 55.0 Å². The normalized spacial score (nSPS) is 11.0. The lowest BCUT2D eigenvalue weighted by atomic mass is 10.1. The fraction of sp³-hybridized carbons (Fsp3) is 0.105. The number of fused-ring (bicyclic) bond motifs is 1. The molecule has 3 aromatic heterocycles. The number of aryl methyl sites for hydroxylation is 1. The molecule has 1 aromatic carbocycles. The van der Waals surface area contributed by atoms with Crippen LogP contribution in [-0.2, 0) is 6.54 Å². The molecule has 3 heterocycles. The Bertz CT molecular complexity index is 1080. The third-order valence-corrected chi connectivity index (χ3v) is 4.41. The number of phenolic OH excluding ortho intramolecular Hbond substituents is 1. The minimum absolute atomic E-state index is 0.211. The first kappa shape index (κ1) is 16.4. The molecule has 2 N–H and O–H groups in total. The largest absolute Gasteiger partial charge is 0.508 e. The van der Waals surface area contributed by atoms with Crippen LogP contribution in [0.3, 0.4) is 0 Å². The van der Waals surface area contributed by atoms with Crippen molar-refractivity contribution in [1.82, 2.24) is 19.5 Å². The minimum Gasteiger partial charge on any atom is -0.508 e. The molecule has 130 valence electrons. The van der Waals surface area contributed by atoms with Crippen molar-refractivity contribution < 1.29 is 5.11 Å². The molecule has 0 saturated carbocycles. The highest BCUT2D eigenvalue weighted by atomic mass is 35.5. The molecule has 0 fully saturated rings. The smallest absolute Gasteiger partial charge is 0.227 e. The van der Waals surface area contributed by atoms with E-state index >= 15 is 0 Å². The Morgan fingerprint density at radius 2 is 1.85 bits per heavy atom. The molecule has 0 aliphatic carbocycles. The standard InChI is InChI=1S/C19H16ClN5O/c1-2-25-11-15(14-7-9-21-18(20)17(14)25)16-8-10-22-19(24-16)23-12-3-5-13(26)6-4-12/h3-11,26H,2H2,1H3,(H,22,23,24). The number of hydrogen-bond donors (Lipinski definition) is 2. The first-order valence-corrected chi connectivity index (χ1v) is 8.56. The predicted molar refractivity (Wildman–Crippen MR) is 103 cm³/mol. The van der Waals surface area contributed by atoms with Gasteiger partial charge < -0.3 is 15.0 Å². The summed E-state index contributed by atoms with van der Waals surface area (Å²) in [6.07, 6.45) is 5.44.